The molecule has 12 heteroatoms. The predicted octanol–water partition coefficient (Wildman–Crippen LogP) is 7.66. The Bertz CT molecular complexity index is 1320. The number of esters is 1. The maximum atomic E-state index is 13.5. The Balaban J connectivity index is 1.20. The van der Waals surface area contributed by atoms with Crippen LogP contribution >= 0.6 is 0 Å². The summed E-state index contributed by atoms with van der Waals surface area (Å²) in [4.78, 5) is 12.5. The summed E-state index contributed by atoms with van der Waals surface area (Å²) in [5.74, 6) is -0.367. The molecule has 0 amide bonds. The van der Waals surface area contributed by atoms with Gasteiger partial charge in [-0.2, -0.15) is 22.0 Å². The van der Waals surface area contributed by atoms with E-state index in [0.717, 1.165) is 38.2 Å². The van der Waals surface area contributed by atoms with Crippen LogP contribution < -0.4 is 14.2 Å². The Labute approximate surface area is 244 Å². The van der Waals surface area contributed by atoms with E-state index in [9.17, 15) is 31.1 Å². The van der Waals surface area contributed by atoms with Gasteiger partial charge >= 0.3 is 18.3 Å². The van der Waals surface area contributed by atoms with Crippen LogP contribution in [0.15, 0.2) is 72.8 Å². The Morgan fingerprint density at radius 2 is 1.35 bits per heavy atom. The normalized spacial score (nSPS) is 15.3. The van der Waals surface area contributed by atoms with Gasteiger partial charge in [-0.05, 0) is 72.5 Å². The van der Waals surface area contributed by atoms with Crippen molar-refractivity contribution < 1.29 is 54.8 Å². The number of benzene rings is 3. The van der Waals surface area contributed by atoms with Crippen LogP contribution in [0.1, 0.15) is 30.1 Å². The van der Waals surface area contributed by atoms with E-state index in [1.165, 1.54) is 24.3 Å². The van der Waals surface area contributed by atoms with Gasteiger partial charge in [-0.3, -0.25) is 0 Å². The first-order valence-electron chi connectivity index (χ1n) is 13.4. The third kappa shape index (κ3) is 9.11. The molecular weight excluding hydrogens is 582 g/mol. The molecule has 0 spiro atoms. The lowest BCUT2D eigenvalue weighted by Gasteiger charge is -2.37. The molecule has 1 atom stereocenters. The highest BCUT2D eigenvalue weighted by molar-refractivity contribution is 5.91. The van der Waals surface area contributed by atoms with Crippen LogP contribution in [0.5, 0.6) is 17.2 Å². The first-order valence-corrected chi connectivity index (χ1v) is 13.4. The quantitative estimate of drug-likeness (QED) is 0.0807. The fourth-order valence-corrected chi connectivity index (χ4v) is 4.03. The lowest BCUT2D eigenvalue weighted by atomic mass is 9.90. The van der Waals surface area contributed by atoms with Gasteiger partial charge in [0.05, 0.1) is 32.0 Å². The Kier molecular flexibility index (Phi) is 10.2. The average molecular weight is 613 g/mol. The zero-order valence-corrected chi connectivity index (χ0v) is 23.2. The van der Waals surface area contributed by atoms with E-state index >= 15 is 0 Å². The fraction of sp³-hybridized carbons (Fsp3) is 0.387. The first kappa shape index (κ1) is 32.2. The minimum Gasteiger partial charge on any atom is -0.494 e. The fourth-order valence-electron chi connectivity index (χ4n) is 4.03. The molecule has 0 bridgehead atoms. The highest BCUT2D eigenvalue weighted by Gasteiger charge is 2.59. The van der Waals surface area contributed by atoms with Crippen molar-refractivity contribution in [2.45, 2.75) is 38.2 Å². The molecule has 1 saturated heterocycles. The Hall–Kier alpha value is -3.77. The molecule has 0 saturated carbocycles. The second kappa shape index (κ2) is 13.7. The lowest BCUT2D eigenvalue weighted by Crippen LogP contribution is -2.45. The maximum absolute atomic E-state index is 13.5. The summed E-state index contributed by atoms with van der Waals surface area (Å²) in [5, 5.41) is 0. The largest absolute Gasteiger partial charge is 0.494 e. The van der Waals surface area contributed by atoms with Crippen LogP contribution in [0.25, 0.3) is 11.1 Å². The van der Waals surface area contributed by atoms with Crippen molar-refractivity contribution in [3.8, 4) is 28.4 Å². The third-order valence-corrected chi connectivity index (χ3v) is 6.48. The number of alkyl halides is 6. The standard InChI is InChI=1S/C31H30F6O6/c1-29(19-40-20-29)18-39-16-2-3-17-41-24-10-8-23(9-11-24)27(38)42-25-12-4-21(5-13-25)22-6-14-26(15-7-22)43-31(36,37)28(32)30(33,34)35/h4-15,28H,2-3,16-20H2,1H3. The van der Waals surface area contributed by atoms with Crippen molar-refractivity contribution in [2.75, 3.05) is 33.0 Å². The van der Waals surface area contributed by atoms with E-state index in [2.05, 4.69) is 11.7 Å². The molecule has 232 valence electrons. The third-order valence-electron chi connectivity index (χ3n) is 6.48. The van der Waals surface area contributed by atoms with Crippen LogP contribution in [-0.4, -0.2) is 57.5 Å². The van der Waals surface area contributed by atoms with Crippen LogP contribution in [0.2, 0.25) is 0 Å². The van der Waals surface area contributed by atoms with E-state index < -0.39 is 30.2 Å². The van der Waals surface area contributed by atoms with Gasteiger partial charge in [0.2, 0.25) is 0 Å². The molecule has 1 aliphatic rings. The van der Waals surface area contributed by atoms with Crippen LogP contribution in [0.4, 0.5) is 26.3 Å². The van der Waals surface area contributed by atoms with E-state index in [4.69, 9.17) is 18.9 Å². The first-order chi connectivity index (χ1) is 20.3. The summed E-state index contributed by atoms with van der Waals surface area (Å²) in [7, 11) is 0. The van der Waals surface area contributed by atoms with Gasteiger partial charge in [0.25, 0.3) is 6.17 Å². The molecule has 0 aliphatic carbocycles. The molecule has 1 unspecified atom stereocenters. The molecule has 1 aliphatic heterocycles. The topological polar surface area (TPSA) is 63.2 Å². The van der Waals surface area contributed by atoms with Crippen LogP contribution in [0.3, 0.4) is 0 Å². The van der Waals surface area contributed by atoms with E-state index in [0.29, 0.717) is 42.3 Å². The number of carbonyl (C=O) groups is 1. The van der Waals surface area contributed by atoms with Gasteiger partial charge in [-0.25, -0.2) is 9.18 Å². The van der Waals surface area contributed by atoms with Crippen molar-refractivity contribution in [3.63, 3.8) is 0 Å². The second-order valence-corrected chi connectivity index (χ2v) is 10.4. The summed E-state index contributed by atoms with van der Waals surface area (Å²) < 4.78 is 103. The predicted molar refractivity (Wildman–Crippen MR) is 144 cm³/mol. The number of rotatable bonds is 14. The van der Waals surface area contributed by atoms with Crippen molar-refractivity contribution in [2.24, 2.45) is 5.41 Å². The summed E-state index contributed by atoms with van der Waals surface area (Å²) in [6.45, 7) is 5.46. The summed E-state index contributed by atoms with van der Waals surface area (Å²) in [5.41, 5.74) is 1.54. The molecule has 0 aromatic heterocycles. The molecule has 3 aromatic rings. The van der Waals surface area contributed by atoms with Gasteiger partial charge in [0.1, 0.15) is 17.2 Å². The number of halogens is 6. The summed E-state index contributed by atoms with van der Waals surface area (Å²) >= 11 is 0. The number of ether oxygens (including phenoxy) is 5. The molecule has 6 nitrogen and oxygen atoms in total. The van der Waals surface area contributed by atoms with Crippen molar-refractivity contribution in [1.29, 1.82) is 0 Å². The molecule has 1 fully saturated rings. The molecule has 3 aromatic carbocycles. The Morgan fingerprint density at radius 1 is 0.814 bits per heavy atom. The van der Waals surface area contributed by atoms with Crippen molar-refractivity contribution in [3.05, 3.63) is 78.4 Å². The van der Waals surface area contributed by atoms with Crippen LogP contribution in [0, 0.1) is 5.41 Å². The highest BCUT2D eigenvalue weighted by atomic mass is 19.4. The zero-order chi connectivity index (χ0) is 31.1. The smallest absolute Gasteiger partial charge is 0.439 e. The SMILES string of the molecule is CC1(COCCCCOc2ccc(C(=O)Oc3ccc(-c4ccc(OC(F)(F)C(F)C(F)(F)F)cc4)cc3)cc2)COC1. The van der Waals surface area contributed by atoms with Gasteiger partial charge in [0, 0.05) is 12.0 Å². The van der Waals surface area contributed by atoms with Gasteiger partial charge in [0.15, 0.2) is 0 Å². The zero-order valence-electron chi connectivity index (χ0n) is 23.2. The number of unbranched alkanes of at least 4 members (excludes halogenated alkanes) is 1. The molecule has 4 rings (SSSR count). The molecule has 0 radical (unpaired) electrons. The minimum atomic E-state index is -5.77. The van der Waals surface area contributed by atoms with Crippen LogP contribution in [-0.2, 0) is 9.47 Å². The van der Waals surface area contributed by atoms with Crippen molar-refractivity contribution >= 4 is 5.97 Å². The summed E-state index contributed by atoms with van der Waals surface area (Å²) in [6, 6.07) is 17.4. The van der Waals surface area contributed by atoms with Gasteiger partial charge in [-0.1, -0.05) is 31.2 Å². The highest BCUT2D eigenvalue weighted by Crippen LogP contribution is 2.37. The monoisotopic (exact) mass is 612 g/mol. The Morgan fingerprint density at radius 3 is 1.88 bits per heavy atom. The molecular formula is C31H30F6O6. The van der Waals surface area contributed by atoms with Gasteiger partial charge < -0.3 is 23.7 Å². The van der Waals surface area contributed by atoms with E-state index in [1.807, 2.05) is 0 Å². The molecule has 1 heterocycles. The average Bonchev–Trinajstić information content (AvgIpc) is 2.96. The minimum absolute atomic E-state index is 0.136. The van der Waals surface area contributed by atoms with Gasteiger partial charge in [-0.15, -0.1) is 0 Å². The second-order valence-electron chi connectivity index (χ2n) is 10.4. The molecule has 0 N–H and O–H groups in total. The molecule has 43 heavy (non-hydrogen) atoms. The number of hydrogen-bond donors (Lipinski definition) is 0. The number of hydrogen-bond acceptors (Lipinski definition) is 6. The lowest BCUT2D eigenvalue weighted by molar-refractivity contribution is -0.304. The van der Waals surface area contributed by atoms with E-state index in [-0.39, 0.29) is 11.2 Å². The van der Waals surface area contributed by atoms with Crippen molar-refractivity contribution in [1.82, 2.24) is 0 Å². The summed E-state index contributed by atoms with van der Waals surface area (Å²) in [6.07, 6.45) is -13.6. The number of carbonyl (C=O) groups excluding carboxylic acids is 1. The maximum Gasteiger partial charge on any atom is 0.439 e. The van der Waals surface area contributed by atoms with E-state index in [1.54, 1.807) is 36.4 Å².